The van der Waals surface area contributed by atoms with E-state index in [1.807, 2.05) is 12.1 Å². The van der Waals surface area contributed by atoms with Gasteiger partial charge in [0.15, 0.2) is 0 Å². The zero-order valence-electron chi connectivity index (χ0n) is 11.3. The molecule has 1 heterocycles. The third kappa shape index (κ3) is 5.95. The van der Waals surface area contributed by atoms with E-state index in [9.17, 15) is 0 Å². The summed E-state index contributed by atoms with van der Waals surface area (Å²) in [7, 11) is 3.44. The number of rotatable bonds is 9. The Morgan fingerprint density at radius 2 is 1.94 bits per heavy atom. The van der Waals surface area contributed by atoms with Gasteiger partial charge in [0.2, 0.25) is 0 Å². The molecule has 1 rings (SSSR count). The third-order valence-corrected chi connectivity index (χ3v) is 2.65. The molecule has 0 amide bonds. The number of hydrogen-bond acceptors (Lipinski definition) is 5. The molecule has 0 fully saturated rings. The maximum atomic E-state index is 5.68. The average Bonchev–Trinajstić information content (AvgIpc) is 2.36. The Bertz CT molecular complexity index is 334. The first-order valence-corrected chi connectivity index (χ1v) is 6.18. The van der Waals surface area contributed by atoms with E-state index in [4.69, 9.17) is 15.2 Å². The highest BCUT2D eigenvalue weighted by molar-refractivity contribution is 5.28. The van der Waals surface area contributed by atoms with Gasteiger partial charge in [0.1, 0.15) is 5.82 Å². The lowest BCUT2D eigenvalue weighted by atomic mass is 10.3. The second kappa shape index (κ2) is 8.85. The van der Waals surface area contributed by atoms with Crippen LogP contribution in [0.25, 0.3) is 0 Å². The Morgan fingerprint density at radius 3 is 2.61 bits per heavy atom. The van der Waals surface area contributed by atoms with Crippen molar-refractivity contribution in [2.45, 2.75) is 13.0 Å². The normalized spacial score (nSPS) is 11.1. The summed E-state index contributed by atoms with van der Waals surface area (Å²) in [5.74, 6) is 0.566. The zero-order valence-corrected chi connectivity index (χ0v) is 11.3. The van der Waals surface area contributed by atoms with Crippen molar-refractivity contribution >= 4 is 5.82 Å². The molecule has 1 aromatic heterocycles. The van der Waals surface area contributed by atoms with Gasteiger partial charge in [-0.15, -0.1) is 0 Å². The van der Waals surface area contributed by atoms with E-state index in [2.05, 4.69) is 9.88 Å². The van der Waals surface area contributed by atoms with E-state index in [1.165, 1.54) is 0 Å². The summed E-state index contributed by atoms with van der Waals surface area (Å²) in [5.41, 5.74) is 6.67. The molecule has 0 atom stereocenters. The van der Waals surface area contributed by atoms with Crippen LogP contribution in [0.5, 0.6) is 0 Å². The molecular formula is C13H23N3O2. The summed E-state index contributed by atoms with van der Waals surface area (Å²) in [5, 5.41) is 0. The fourth-order valence-corrected chi connectivity index (χ4v) is 1.74. The van der Waals surface area contributed by atoms with Crippen LogP contribution in [0.15, 0.2) is 18.2 Å². The molecule has 0 radical (unpaired) electrons. The topological polar surface area (TPSA) is 60.6 Å². The molecule has 0 spiro atoms. The van der Waals surface area contributed by atoms with E-state index in [1.54, 1.807) is 20.3 Å². The molecule has 5 heteroatoms. The van der Waals surface area contributed by atoms with Gasteiger partial charge in [0, 0.05) is 40.5 Å². The summed E-state index contributed by atoms with van der Waals surface area (Å²) in [6.07, 6.45) is 1.00. The van der Waals surface area contributed by atoms with Gasteiger partial charge in [0.25, 0.3) is 0 Å². The van der Waals surface area contributed by atoms with E-state index >= 15 is 0 Å². The molecule has 0 aliphatic rings. The number of nitrogen functional groups attached to an aromatic ring is 1. The number of hydrogen-bond donors (Lipinski definition) is 1. The van der Waals surface area contributed by atoms with Crippen molar-refractivity contribution in [3.63, 3.8) is 0 Å². The van der Waals surface area contributed by atoms with Crippen molar-refractivity contribution in [2.24, 2.45) is 0 Å². The second-order valence-corrected chi connectivity index (χ2v) is 4.17. The fraction of sp³-hybridized carbons (Fsp3) is 0.615. The van der Waals surface area contributed by atoms with Gasteiger partial charge in [-0.1, -0.05) is 6.07 Å². The standard InChI is InChI=1S/C13H23N3O2/c1-17-9-4-7-16(8-10-18-2)11-12-5-3-6-13(14)15-12/h3,5-6H,4,7-11H2,1-2H3,(H2,14,15). The summed E-state index contributed by atoms with van der Waals surface area (Å²) < 4.78 is 10.2. The Kier molecular flexibility index (Phi) is 7.32. The minimum absolute atomic E-state index is 0.566. The second-order valence-electron chi connectivity index (χ2n) is 4.17. The molecule has 0 aliphatic heterocycles. The number of ether oxygens (including phenoxy) is 2. The van der Waals surface area contributed by atoms with Gasteiger partial charge in [-0.3, -0.25) is 4.90 Å². The van der Waals surface area contributed by atoms with Crippen LogP contribution in [-0.2, 0) is 16.0 Å². The van der Waals surface area contributed by atoms with E-state index in [-0.39, 0.29) is 0 Å². The summed E-state index contributed by atoms with van der Waals surface area (Å²) in [6, 6.07) is 5.72. The summed E-state index contributed by atoms with van der Waals surface area (Å²) in [6.45, 7) is 4.13. The Labute approximate surface area is 109 Å². The molecule has 0 bridgehead atoms. The first-order chi connectivity index (χ1) is 8.76. The van der Waals surface area contributed by atoms with Gasteiger partial charge < -0.3 is 15.2 Å². The van der Waals surface area contributed by atoms with E-state index in [0.717, 1.165) is 45.0 Å². The van der Waals surface area contributed by atoms with Gasteiger partial charge >= 0.3 is 0 Å². The Hall–Kier alpha value is -1.17. The van der Waals surface area contributed by atoms with Crippen molar-refractivity contribution in [3.8, 4) is 0 Å². The first-order valence-electron chi connectivity index (χ1n) is 6.18. The van der Waals surface area contributed by atoms with Crippen LogP contribution in [0, 0.1) is 0 Å². The van der Waals surface area contributed by atoms with Crippen LogP contribution in [-0.4, -0.2) is 50.4 Å². The largest absolute Gasteiger partial charge is 0.385 e. The van der Waals surface area contributed by atoms with Crippen LogP contribution in [0.3, 0.4) is 0 Å². The number of methoxy groups -OCH3 is 2. The Morgan fingerprint density at radius 1 is 1.17 bits per heavy atom. The molecule has 0 aliphatic carbocycles. The quantitative estimate of drug-likeness (QED) is 0.669. The van der Waals surface area contributed by atoms with Crippen LogP contribution in [0.2, 0.25) is 0 Å². The molecule has 1 aromatic rings. The van der Waals surface area contributed by atoms with Crippen LogP contribution in [0.4, 0.5) is 5.82 Å². The van der Waals surface area contributed by atoms with Gasteiger partial charge in [-0.2, -0.15) is 0 Å². The lowest BCUT2D eigenvalue weighted by Crippen LogP contribution is -2.29. The lowest BCUT2D eigenvalue weighted by Gasteiger charge is -2.21. The highest BCUT2D eigenvalue weighted by Gasteiger charge is 2.06. The van der Waals surface area contributed by atoms with Crippen LogP contribution < -0.4 is 5.73 Å². The molecule has 0 unspecified atom stereocenters. The molecule has 2 N–H and O–H groups in total. The van der Waals surface area contributed by atoms with E-state index < -0.39 is 0 Å². The van der Waals surface area contributed by atoms with Gasteiger partial charge in [0.05, 0.1) is 12.3 Å². The molecule has 5 nitrogen and oxygen atoms in total. The molecule has 0 saturated heterocycles. The average molecular weight is 253 g/mol. The predicted octanol–water partition coefficient (Wildman–Crippen LogP) is 1.15. The maximum absolute atomic E-state index is 5.68. The highest BCUT2D eigenvalue weighted by Crippen LogP contribution is 2.05. The number of pyridine rings is 1. The minimum atomic E-state index is 0.566. The number of aromatic nitrogens is 1. The third-order valence-electron chi connectivity index (χ3n) is 2.65. The van der Waals surface area contributed by atoms with Crippen molar-refractivity contribution in [1.29, 1.82) is 0 Å². The van der Waals surface area contributed by atoms with Crippen LogP contribution >= 0.6 is 0 Å². The van der Waals surface area contributed by atoms with Gasteiger partial charge in [-0.25, -0.2) is 4.98 Å². The van der Waals surface area contributed by atoms with Crippen LogP contribution in [0.1, 0.15) is 12.1 Å². The van der Waals surface area contributed by atoms with Crippen molar-refractivity contribution in [2.75, 3.05) is 46.3 Å². The molecule has 18 heavy (non-hydrogen) atoms. The Balaban J connectivity index is 2.48. The zero-order chi connectivity index (χ0) is 13.2. The van der Waals surface area contributed by atoms with Crippen molar-refractivity contribution in [1.82, 2.24) is 9.88 Å². The van der Waals surface area contributed by atoms with Gasteiger partial charge in [-0.05, 0) is 18.6 Å². The predicted molar refractivity (Wildman–Crippen MR) is 72.3 cm³/mol. The fourth-order valence-electron chi connectivity index (χ4n) is 1.74. The van der Waals surface area contributed by atoms with Crippen molar-refractivity contribution in [3.05, 3.63) is 23.9 Å². The number of anilines is 1. The number of nitrogens with zero attached hydrogens (tertiary/aromatic N) is 2. The first kappa shape index (κ1) is 14.9. The number of nitrogens with two attached hydrogens (primary N) is 1. The molecule has 0 aromatic carbocycles. The lowest BCUT2D eigenvalue weighted by molar-refractivity contribution is 0.128. The molecule has 102 valence electrons. The summed E-state index contributed by atoms with van der Waals surface area (Å²) in [4.78, 5) is 6.61. The maximum Gasteiger partial charge on any atom is 0.123 e. The highest BCUT2D eigenvalue weighted by atomic mass is 16.5. The van der Waals surface area contributed by atoms with Crippen molar-refractivity contribution < 1.29 is 9.47 Å². The van der Waals surface area contributed by atoms with E-state index in [0.29, 0.717) is 5.82 Å². The molecule has 0 saturated carbocycles. The monoisotopic (exact) mass is 253 g/mol. The SMILES string of the molecule is COCCCN(CCOC)Cc1cccc(N)n1. The molecular weight excluding hydrogens is 230 g/mol. The smallest absolute Gasteiger partial charge is 0.123 e. The summed E-state index contributed by atoms with van der Waals surface area (Å²) >= 11 is 0. The minimum Gasteiger partial charge on any atom is -0.385 e.